The summed E-state index contributed by atoms with van der Waals surface area (Å²) in [5.74, 6) is 0.556. The molecule has 0 unspecified atom stereocenters. The number of nitrogens with zero attached hydrogens (tertiary/aromatic N) is 2. The molecule has 3 nitrogen and oxygen atoms in total. The molecule has 7 heteroatoms. The van der Waals surface area contributed by atoms with Crippen molar-refractivity contribution in [2.24, 2.45) is 0 Å². The van der Waals surface area contributed by atoms with Gasteiger partial charge in [0.2, 0.25) is 0 Å². The fourth-order valence-corrected chi connectivity index (χ4v) is 6.73. The number of thiophene rings is 1. The van der Waals surface area contributed by atoms with E-state index >= 15 is 0 Å². The summed E-state index contributed by atoms with van der Waals surface area (Å²) in [6, 6.07) is 15.2. The molecular formula is C27H26F2N2OS2. The summed E-state index contributed by atoms with van der Waals surface area (Å²) in [5.41, 5.74) is 4.29. The summed E-state index contributed by atoms with van der Waals surface area (Å²) in [6.45, 7) is 4.18. The molecule has 0 atom stereocenters. The normalized spacial score (nSPS) is 16.9. The number of carbonyl (C=O) groups excluding carboxylic acids is 1. The monoisotopic (exact) mass is 496 g/mol. The van der Waals surface area contributed by atoms with Crippen molar-refractivity contribution in [3.05, 3.63) is 93.2 Å². The molecule has 0 spiro atoms. The number of halogens is 2. The van der Waals surface area contributed by atoms with Crippen molar-refractivity contribution in [1.29, 1.82) is 0 Å². The van der Waals surface area contributed by atoms with E-state index in [-0.39, 0.29) is 17.5 Å². The van der Waals surface area contributed by atoms with Crippen molar-refractivity contribution < 1.29 is 13.6 Å². The standard InChI is InChI=1S/C27H26F2N2OS2/c28-22-5-1-19(2-6-22)25(20-3-7-23(29)8-4-20)21-9-12-30(13-10-21)14-15-31-16-18-33-24-11-17-34-26(24)27(31)32/h1-8,11,17H,9-10,12-16,18H2. The SMILES string of the molecule is O=C1c2sccc2SCCN1CCN1CCC(=C(c2ccc(F)cc2)c2ccc(F)cc2)CC1. The zero-order valence-electron chi connectivity index (χ0n) is 18.8. The molecule has 0 radical (unpaired) electrons. The highest BCUT2D eigenvalue weighted by molar-refractivity contribution is 7.99. The molecule has 34 heavy (non-hydrogen) atoms. The van der Waals surface area contributed by atoms with Crippen molar-refractivity contribution >= 4 is 34.6 Å². The highest BCUT2D eigenvalue weighted by atomic mass is 32.2. The Balaban J connectivity index is 1.28. The number of thioether (sulfide) groups is 1. The number of benzene rings is 2. The van der Waals surface area contributed by atoms with Crippen LogP contribution in [0.25, 0.3) is 5.57 Å². The van der Waals surface area contributed by atoms with E-state index in [1.165, 1.54) is 41.2 Å². The first-order valence-electron chi connectivity index (χ1n) is 11.5. The minimum absolute atomic E-state index is 0.155. The third-order valence-corrected chi connectivity index (χ3v) is 8.56. The van der Waals surface area contributed by atoms with Crippen LogP contribution >= 0.6 is 23.1 Å². The molecule has 2 aromatic carbocycles. The van der Waals surface area contributed by atoms with Gasteiger partial charge in [0.25, 0.3) is 5.91 Å². The minimum Gasteiger partial charge on any atom is -0.336 e. The lowest BCUT2D eigenvalue weighted by atomic mass is 9.88. The lowest BCUT2D eigenvalue weighted by molar-refractivity contribution is 0.0748. The van der Waals surface area contributed by atoms with Crippen LogP contribution in [0.5, 0.6) is 0 Å². The molecule has 1 fully saturated rings. The fraction of sp³-hybridized carbons (Fsp3) is 0.296. The van der Waals surface area contributed by atoms with Crippen molar-refractivity contribution in [2.45, 2.75) is 17.7 Å². The molecule has 3 aromatic rings. The van der Waals surface area contributed by atoms with Crippen LogP contribution in [0.15, 0.2) is 70.4 Å². The number of amides is 1. The summed E-state index contributed by atoms with van der Waals surface area (Å²) >= 11 is 3.30. The second kappa shape index (κ2) is 10.4. The van der Waals surface area contributed by atoms with E-state index in [1.54, 1.807) is 36.0 Å². The average Bonchev–Trinajstić information content (AvgIpc) is 3.27. The summed E-state index contributed by atoms with van der Waals surface area (Å²) in [5, 5.41) is 2.00. The number of likely N-dealkylation sites (tertiary alicyclic amines) is 1. The highest BCUT2D eigenvalue weighted by Gasteiger charge is 2.25. The molecule has 2 aliphatic heterocycles. The molecule has 0 saturated carbocycles. The first kappa shape index (κ1) is 23.3. The Morgan fingerprint density at radius 3 is 2.06 bits per heavy atom. The van der Waals surface area contributed by atoms with Gasteiger partial charge in [-0.25, -0.2) is 8.78 Å². The number of carbonyl (C=O) groups is 1. The molecule has 0 N–H and O–H groups in total. The second-order valence-corrected chi connectivity index (χ2v) is 10.6. The zero-order chi connectivity index (χ0) is 23.5. The van der Waals surface area contributed by atoms with E-state index in [1.807, 2.05) is 16.3 Å². The van der Waals surface area contributed by atoms with Gasteiger partial charge in [0.1, 0.15) is 16.5 Å². The fourth-order valence-electron chi connectivity index (χ4n) is 4.66. The van der Waals surface area contributed by atoms with Gasteiger partial charge in [-0.2, -0.15) is 0 Å². The summed E-state index contributed by atoms with van der Waals surface area (Å²) in [6.07, 6.45) is 1.78. The maximum absolute atomic E-state index is 13.6. The van der Waals surface area contributed by atoms with E-state index in [4.69, 9.17) is 0 Å². The van der Waals surface area contributed by atoms with Gasteiger partial charge < -0.3 is 9.80 Å². The van der Waals surface area contributed by atoms with Gasteiger partial charge in [-0.15, -0.1) is 23.1 Å². The van der Waals surface area contributed by atoms with Crippen molar-refractivity contribution in [2.75, 3.05) is 38.5 Å². The molecule has 2 aliphatic rings. The predicted octanol–water partition coefficient (Wildman–Crippen LogP) is 6.17. The maximum atomic E-state index is 13.6. The van der Waals surface area contributed by atoms with Crippen molar-refractivity contribution in [1.82, 2.24) is 9.80 Å². The van der Waals surface area contributed by atoms with Crippen LogP contribution in [-0.4, -0.2) is 54.2 Å². The Morgan fingerprint density at radius 2 is 1.44 bits per heavy atom. The Hall–Kier alpha value is -2.48. The van der Waals surface area contributed by atoms with Crippen LogP contribution in [-0.2, 0) is 0 Å². The first-order chi connectivity index (χ1) is 16.6. The number of piperidine rings is 1. The number of hydrogen-bond acceptors (Lipinski definition) is 4. The Bertz CT molecular complexity index is 1130. The Kier molecular flexibility index (Phi) is 7.13. The van der Waals surface area contributed by atoms with Gasteiger partial charge in [-0.1, -0.05) is 29.8 Å². The van der Waals surface area contributed by atoms with E-state index in [2.05, 4.69) is 4.90 Å². The van der Waals surface area contributed by atoms with Crippen LogP contribution in [0.1, 0.15) is 33.6 Å². The van der Waals surface area contributed by atoms with E-state index < -0.39 is 0 Å². The average molecular weight is 497 g/mol. The zero-order valence-corrected chi connectivity index (χ0v) is 20.4. The lowest BCUT2D eigenvalue weighted by Gasteiger charge is -2.32. The number of rotatable bonds is 5. The van der Waals surface area contributed by atoms with Gasteiger partial charge in [0.15, 0.2) is 0 Å². The Labute approximate surface area is 207 Å². The van der Waals surface area contributed by atoms with Gasteiger partial charge in [0.05, 0.1) is 0 Å². The Morgan fingerprint density at radius 1 is 0.824 bits per heavy atom. The van der Waals surface area contributed by atoms with E-state index in [0.717, 1.165) is 77.8 Å². The van der Waals surface area contributed by atoms with Crippen molar-refractivity contribution in [3.8, 4) is 0 Å². The summed E-state index contributed by atoms with van der Waals surface area (Å²) < 4.78 is 27.1. The molecule has 3 heterocycles. The highest BCUT2D eigenvalue weighted by Crippen LogP contribution is 2.33. The van der Waals surface area contributed by atoms with Crippen molar-refractivity contribution in [3.63, 3.8) is 0 Å². The van der Waals surface area contributed by atoms with Gasteiger partial charge in [-0.05, 0) is 65.3 Å². The van der Waals surface area contributed by atoms with Crippen LogP contribution in [0.2, 0.25) is 0 Å². The third kappa shape index (κ3) is 5.11. The molecule has 0 aliphatic carbocycles. The quantitative estimate of drug-likeness (QED) is 0.422. The van der Waals surface area contributed by atoms with E-state index in [9.17, 15) is 13.6 Å². The van der Waals surface area contributed by atoms with Crippen LogP contribution in [0, 0.1) is 11.6 Å². The predicted molar refractivity (Wildman–Crippen MR) is 135 cm³/mol. The smallest absolute Gasteiger partial charge is 0.265 e. The van der Waals surface area contributed by atoms with Crippen LogP contribution < -0.4 is 0 Å². The molecule has 1 saturated heterocycles. The molecule has 0 bridgehead atoms. The molecule has 1 amide bonds. The second-order valence-electron chi connectivity index (χ2n) is 8.59. The molecule has 176 valence electrons. The summed E-state index contributed by atoms with van der Waals surface area (Å²) in [7, 11) is 0. The van der Waals surface area contributed by atoms with Crippen LogP contribution in [0.4, 0.5) is 8.78 Å². The summed E-state index contributed by atoms with van der Waals surface area (Å²) in [4.78, 5) is 19.3. The van der Waals surface area contributed by atoms with E-state index in [0.29, 0.717) is 0 Å². The minimum atomic E-state index is -0.266. The largest absolute Gasteiger partial charge is 0.336 e. The lowest BCUT2D eigenvalue weighted by Crippen LogP contribution is -2.41. The first-order valence-corrected chi connectivity index (χ1v) is 13.4. The molecule has 5 rings (SSSR count). The number of fused-ring (bicyclic) bond motifs is 1. The van der Waals surface area contributed by atoms with Gasteiger partial charge in [0, 0.05) is 43.4 Å². The maximum Gasteiger partial charge on any atom is 0.265 e. The van der Waals surface area contributed by atoms with Gasteiger partial charge >= 0.3 is 0 Å². The molecule has 1 aromatic heterocycles. The topological polar surface area (TPSA) is 23.6 Å². The third-order valence-electron chi connectivity index (χ3n) is 6.49. The van der Waals surface area contributed by atoms with Gasteiger partial charge in [-0.3, -0.25) is 4.79 Å². The number of hydrogen-bond donors (Lipinski definition) is 0. The molecular weight excluding hydrogens is 470 g/mol. The van der Waals surface area contributed by atoms with Crippen LogP contribution in [0.3, 0.4) is 0 Å².